The SMILES string of the molecule is CC(C)c1cccc(Oc2coc3cc(OCCCC(=O)O)ccc3c2=O)c1. The minimum atomic E-state index is -0.862. The lowest BCUT2D eigenvalue weighted by atomic mass is 10.0. The normalized spacial score (nSPS) is 11.0. The largest absolute Gasteiger partial charge is 0.493 e. The van der Waals surface area contributed by atoms with Crippen LogP contribution in [0.3, 0.4) is 0 Å². The molecule has 0 spiro atoms. The summed E-state index contributed by atoms with van der Waals surface area (Å²) in [5.74, 6) is 0.698. The van der Waals surface area contributed by atoms with Gasteiger partial charge in [-0.25, -0.2) is 0 Å². The second-order valence-electron chi connectivity index (χ2n) is 6.76. The number of hydrogen-bond acceptors (Lipinski definition) is 5. The summed E-state index contributed by atoms with van der Waals surface area (Å²) in [5.41, 5.74) is 1.23. The summed E-state index contributed by atoms with van der Waals surface area (Å²) in [5, 5.41) is 9.02. The maximum Gasteiger partial charge on any atom is 0.303 e. The van der Waals surface area contributed by atoms with Gasteiger partial charge in [0.2, 0.25) is 11.2 Å². The fraction of sp³-hybridized carbons (Fsp3) is 0.273. The summed E-state index contributed by atoms with van der Waals surface area (Å²) in [6, 6.07) is 12.5. The van der Waals surface area contributed by atoms with Crippen molar-refractivity contribution in [1.29, 1.82) is 0 Å². The molecule has 0 radical (unpaired) electrons. The molecule has 1 aromatic heterocycles. The van der Waals surface area contributed by atoms with Gasteiger partial charge in [-0.2, -0.15) is 0 Å². The number of aliphatic carboxylic acids is 1. The molecule has 3 rings (SSSR count). The lowest BCUT2D eigenvalue weighted by Gasteiger charge is -2.10. The number of hydrogen-bond donors (Lipinski definition) is 1. The van der Waals surface area contributed by atoms with Gasteiger partial charge in [-0.3, -0.25) is 9.59 Å². The van der Waals surface area contributed by atoms with Crippen LogP contribution in [0.1, 0.15) is 38.2 Å². The Kier molecular flexibility index (Phi) is 5.99. The second kappa shape index (κ2) is 8.61. The number of carbonyl (C=O) groups is 1. The van der Waals surface area contributed by atoms with E-state index in [1.807, 2.05) is 18.2 Å². The molecule has 0 fully saturated rings. The third-order valence-electron chi connectivity index (χ3n) is 4.27. The molecule has 2 aromatic carbocycles. The van der Waals surface area contributed by atoms with E-state index in [0.29, 0.717) is 34.8 Å². The molecule has 0 aliphatic rings. The standard InChI is InChI=1S/C22H22O6/c1-14(2)15-5-3-6-17(11-15)28-20-13-27-19-12-16(8-9-18(19)22(20)25)26-10-4-7-21(23)24/h3,5-6,8-9,11-14H,4,7,10H2,1-2H3,(H,23,24). The number of rotatable bonds is 8. The number of fused-ring (bicyclic) bond motifs is 1. The molecule has 0 aliphatic heterocycles. The van der Waals surface area contributed by atoms with Crippen LogP contribution in [-0.4, -0.2) is 17.7 Å². The molecule has 0 unspecified atom stereocenters. The van der Waals surface area contributed by atoms with Gasteiger partial charge in [0.05, 0.1) is 12.0 Å². The molecule has 0 aliphatic carbocycles. The number of carboxylic acid groups (broad SMARTS) is 1. The zero-order valence-corrected chi connectivity index (χ0v) is 15.8. The predicted molar refractivity (Wildman–Crippen MR) is 105 cm³/mol. The topological polar surface area (TPSA) is 86.0 Å². The van der Waals surface area contributed by atoms with Crippen LogP contribution in [0, 0.1) is 0 Å². The molecular weight excluding hydrogens is 360 g/mol. The molecule has 0 saturated carbocycles. The highest BCUT2D eigenvalue weighted by molar-refractivity contribution is 5.79. The Labute approximate surface area is 162 Å². The fourth-order valence-electron chi connectivity index (χ4n) is 2.73. The minimum Gasteiger partial charge on any atom is -0.493 e. The fourth-order valence-corrected chi connectivity index (χ4v) is 2.73. The molecular formula is C22H22O6. The lowest BCUT2D eigenvalue weighted by Crippen LogP contribution is -2.06. The zero-order valence-electron chi connectivity index (χ0n) is 15.8. The lowest BCUT2D eigenvalue weighted by molar-refractivity contribution is -0.137. The van der Waals surface area contributed by atoms with Crippen LogP contribution in [0.15, 0.2) is 57.9 Å². The first-order valence-electron chi connectivity index (χ1n) is 9.12. The Morgan fingerprint density at radius 3 is 2.71 bits per heavy atom. The van der Waals surface area contributed by atoms with Gasteiger partial charge in [0.25, 0.3) is 0 Å². The van der Waals surface area contributed by atoms with E-state index in [2.05, 4.69) is 13.8 Å². The Morgan fingerprint density at radius 2 is 1.96 bits per heavy atom. The zero-order chi connectivity index (χ0) is 20.1. The van der Waals surface area contributed by atoms with Crippen molar-refractivity contribution in [2.24, 2.45) is 0 Å². The summed E-state index contributed by atoms with van der Waals surface area (Å²) in [6.07, 6.45) is 1.74. The predicted octanol–water partition coefficient (Wildman–Crippen LogP) is 4.95. The molecule has 0 amide bonds. The van der Waals surface area contributed by atoms with Crippen molar-refractivity contribution in [2.75, 3.05) is 6.61 Å². The Hall–Kier alpha value is -3.28. The van der Waals surface area contributed by atoms with Gasteiger partial charge >= 0.3 is 5.97 Å². The third kappa shape index (κ3) is 4.71. The third-order valence-corrected chi connectivity index (χ3v) is 4.27. The van der Waals surface area contributed by atoms with Crippen molar-refractivity contribution in [1.82, 2.24) is 0 Å². The Morgan fingerprint density at radius 1 is 1.14 bits per heavy atom. The van der Waals surface area contributed by atoms with Gasteiger partial charge in [0.1, 0.15) is 23.3 Å². The van der Waals surface area contributed by atoms with E-state index >= 15 is 0 Å². The maximum absolute atomic E-state index is 12.7. The second-order valence-corrected chi connectivity index (χ2v) is 6.76. The van der Waals surface area contributed by atoms with Gasteiger partial charge in [0.15, 0.2) is 0 Å². The molecule has 146 valence electrons. The van der Waals surface area contributed by atoms with Crippen LogP contribution >= 0.6 is 0 Å². The van der Waals surface area contributed by atoms with Crippen molar-refractivity contribution in [3.63, 3.8) is 0 Å². The van der Waals surface area contributed by atoms with Gasteiger partial charge < -0.3 is 19.0 Å². The number of carboxylic acids is 1. The molecule has 6 nitrogen and oxygen atoms in total. The number of benzene rings is 2. The van der Waals surface area contributed by atoms with Crippen molar-refractivity contribution >= 4 is 16.9 Å². The summed E-state index contributed by atoms with van der Waals surface area (Å²) in [6.45, 7) is 4.45. The molecule has 0 atom stereocenters. The van der Waals surface area contributed by atoms with Crippen LogP contribution in [0.2, 0.25) is 0 Å². The maximum atomic E-state index is 12.7. The van der Waals surface area contributed by atoms with Crippen LogP contribution in [0.4, 0.5) is 0 Å². The molecule has 0 saturated heterocycles. The quantitative estimate of drug-likeness (QED) is 0.555. The molecule has 1 heterocycles. The average molecular weight is 382 g/mol. The van der Waals surface area contributed by atoms with Crippen LogP contribution in [-0.2, 0) is 4.79 Å². The van der Waals surface area contributed by atoms with E-state index in [-0.39, 0.29) is 24.2 Å². The van der Waals surface area contributed by atoms with E-state index in [9.17, 15) is 9.59 Å². The average Bonchev–Trinajstić information content (AvgIpc) is 2.67. The molecule has 1 N–H and O–H groups in total. The summed E-state index contributed by atoms with van der Waals surface area (Å²) >= 11 is 0. The van der Waals surface area contributed by atoms with E-state index in [0.717, 1.165) is 5.56 Å². The molecule has 28 heavy (non-hydrogen) atoms. The molecule has 0 bridgehead atoms. The minimum absolute atomic E-state index is 0.0430. The van der Waals surface area contributed by atoms with Crippen molar-refractivity contribution in [3.8, 4) is 17.2 Å². The van der Waals surface area contributed by atoms with Gasteiger partial charge in [0, 0.05) is 12.5 Å². The monoisotopic (exact) mass is 382 g/mol. The summed E-state index contributed by atoms with van der Waals surface area (Å²) < 4.78 is 16.8. The van der Waals surface area contributed by atoms with Crippen molar-refractivity contribution in [3.05, 3.63) is 64.5 Å². The van der Waals surface area contributed by atoms with Crippen molar-refractivity contribution in [2.45, 2.75) is 32.6 Å². The first-order valence-corrected chi connectivity index (χ1v) is 9.12. The van der Waals surface area contributed by atoms with Crippen molar-refractivity contribution < 1.29 is 23.8 Å². The highest BCUT2D eigenvalue weighted by Gasteiger charge is 2.11. The Balaban J connectivity index is 1.78. The highest BCUT2D eigenvalue weighted by Crippen LogP contribution is 2.26. The van der Waals surface area contributed by atoms with E-state index in [1.54, 1.807) is 24.3 Å². The van der Waals surface area contributed by atoms with Gasteiger partial charge in [-0.1, -0.05) is 26.0 Å². The van der Waals surface area contributed by atoms with E-state index in [1.165, 1.54) is 6.26 Å². The summed E-state index contributed by atoms with van der Waals surface area (Å²) in [4.78, 5) is 23.2. The molecule has 3 aromatic rings. The van der Waals surface area contributed by atoms with E-state index < -0.39 is 5.97 Å². The first kappa shape index (κ1) is 19.5. The van der Waals surface area contributed by atoms with Gasteiger partial charge in [-0.05, 0) is 42.2 Å². The summed E-state index contributed by atoms with van der Waals surface area (Å²) in [7, 11) is 0. The molecule has 6 heteroatoms. The first-order chi connectivity index (χ1) is 13.4. The van der Waals surface area contributed by atoms with Crippen LogP contribution in [0.25, 0.3) is 11.0 Å². The van der Waals surface area contributed by atoms with Crippen LogP contribution < -0.4 is 14.9 Å². The van der Waals surface area contributed by atoms with Crippen LogP contribution in [0.5, 0.6) is 17.2 Å². The van der Waals surface area contributed by atoms with E-state index in [4.69, 9.17) is 19.0 Å². The van der Waals surface area contributed by atoms with Gasteiger partial charge in [-0.15, -0.1) is 0 Å². The Bertz CT molecular complexity index is 1030. The highest BCUT2D eigenvalue weighted by atomic mass is 16.5. The number of ether oxygens (including phenoxy) is 2. The smallest absolute Gasteiger partial charge is 0.303 e.